The van der Waals surface area contributed by atoms with E-state index in [0.29, 0.717) is 23.7 Å². The van der Waals surface area contributed by atoms with E-state index < -0.39 is 27.8 Å². The van der Waals surface area contributed by atoms with Crippen molar-refractivity contribution in [3.63, 3.8) is 0 Å². The predicted molar refractivity (Wildman–Crippen MR) is 140 cm³/mol. The molecule has 3 aromatic rings. The molecule has 2 aromatic carbocycles. The number of benzene rings is 2. The van der Waals surface area contributed by atoms with Gasteiger partial charge >= 0.3 is 6.18 Å². The van der Waals surface area contributed by atoms with Crippen LogP contribution in [0.5, 0.6) is 5.75 Å². The number of hydrogen-bond donors (Lipinski definition) is 0. The number of nitrogens with zero attached hydrogens (tertiary/aromatic N) is 4. The number of halogens is 3. The molecule has 1 aliphatic heterocycles. The molecule has 39 heavy (non-hydrogen) atoms. The van der Waals surface area contributed by atoms with Crippen molar-refractivity contribution in [2.75, 3.05) is 38.4 Å². The molecule has 1 amide bonds. The number of alkyl halides is 3. The first-order valence-corrected chi connectivity index (χ1v) is 14.4. The number of aromatic nitrogens is 2. The Morgan fingerprint density at radius 3 is 2.18 bits per heavy atom. The van der Waals surface area contributed by atoms with Crippen molar-refractivity contribution < 1.29 is 31.1 Å². The highest BCUT2D eigenvalue weighted by Gasteiger charge is 2.44. The lowest BCUT2D eigenvalue weighted by molar-refractivity contribution is -0.141. The van der Waals surface area contributed by atoms with Gasteiger partial charge in [-0.25, -0.2) is 17.4 Å². The first-order chi connectivity index (χ1) is 18.3. The van der Waals surface area contributed by atoms with Crippen LogP contribution in [-0.4, -0.2) is 61.9 Å². The van der Waals surface area contributed by atoms with Crippen LogP contribution in [0.2, 0.25) is 0 Å². The Labute approximate surface area is 225 Å². The fourth-order valence-electron chi connectivity index (χ4n) is 5.42. The molecule has 1 aromatic heterocycles. The van der Waals surface area contributed by atoms with Gasteiger partial charge in [0.2, 0.25) is 10.0 Å². The van der Waals surface area contributed by atoms with Gasteiger partial charge in [-0.3, -0.25) is 4.79 Å². The number of methoxy groups -OCH3 is 1. The highest BCUT2D eigenvalue weighted by molar-refractivity contribution is 7.88. The summed E-state index contributed by atoms with van der Waals surface area (Å²) in [5.41, 5.74) is 0.247. The van der Waals surface area contributed by atoms with Gasteiger partial charge in [-0.2, -0.15) is 18.3 Å². The van der Waals surface area contributed by atoms with E-state index in [9.17, 15) is 26.4 Å². The van der Waals surface area contributed by atoms with E-state index in [2.05, 4.69) is 5.10 Å². The Morgan fingerprint density at radius 1 is 1.05 bits per heavy atom. The molecule has 2 aliphatic rings. The second-order valence-corrected chi connectivity index (χ2v) is 12.3. The standard InChI is InChI=1S/C27H29F3N4O4S/c1-32(39(3,36)37)17-26(14-4-15-26)18-5-7-19(8-6-18)33-16-13-22-23(25(33)35)34(31-24(22)27(28,29)30)20-9-11-21(38-2)12-10-20/h5-12H,4,13-17H2,1-3H3. The zero-order valence-corrected chi connectivity index (χ0v) is 22.6. The first kappa shape index (κ1) is 27.2. The van der Waals surface area contributed by atoms with E-state index in [-0.39, 0.29) is 29.6 Å². The van der Waals surface area contributed by atoms with Gasteiger partial charge in [0.15, 0.2) is 5.69 Å². The predicted octanol–water partition coefficient (Wildman–Crippen LogP) is 4.42. The summed E-state index contributed by atoms with van der Waals surface area (Å²) >= 11 is 0. The minimum Gasteiger partial charge on any atom is -0.497 e. The lowest BCUT2D eigenvalue weighted by Crippen LogP contribution is -2.46. The molecule has 2 heterocycles. The molecule has 1 fully saturated rings. The molecule has 1 aliphatic carbocycles. The molecule has 8 nitrogen and oxygen atoms in total. The normalized spacial score (nSPS) is 17.2. The third-order valence-corrected chi connectivity index (χ3v) is 9.06. The Morgan fingerprint density at radius 2 is 1.67 bits per heavy atom. The lowest BCUT2D eigenvalue weighted by Gasteiger charge is -2.44. The summed E-state index contributed by atoms with van der Waals surface area (Å²) in [5.74, 6) is -0.0474. The van der Waals surface area contributed by atoms with Crippen LogP contribution >= 0.6 is 0 Å². The number of ether oxygens (including phenoxy) is 1. The summed E-state index contributed by atoms with van der Waals surface area (Å²) in [6, 6.07) is 13.6. The number of carbonyl (C=O) groups is 1. The van der Waals surface area contributed by atoms with Crippen LogP contribution < -0.4 is 9.64 Å². The van der Waals surface area contributed by atoms with Gasteiger partial charge in [-0.15, -0.1) is 0 Å². The maximum absolute atomic E-state index is 13.9. The fourth-order valence-corrected chi connectivity index (χ4v) is 5.91. The number of rotatable bonds is 7. The third-order valence-electron chi connectivity index (χ3n) is 7.80. The summed E-state index contributed by atoms with van der Waals surface area (Å²) < 4.78 is 73.2. The number of hydrogen-bond acceptors (Lipinski definition) is 5. The number of anilines is 1. The summed E-state index contributed by atoms with van der Waals surface area (Å²) in [6.07, 6.45) is -0.846. The van der Waals surface area contributed by atoms with Gasteiger partial charge in [-0.1, -0.05) is 18.6 Å². The Hall–Kier alpha value is -3.38. The van der Waals surface area contributed by atoms with Crippen molar-refractivity contribution in [1.82, 2.24) is 14.1 Å². The van der Waals surface area contributed by atoms with Gasteiger partial charge < -0.3 is 9.64 Å². The van der Waals surface area contributed by atoms with Crippen LogP contribution in [-0.2, 0) is 28.0 Å². The minimum atomic E-state index is -4.71. The van der Waals surface area contributed by atoms with Gasteiger partial charge in [0.25, 0.3) is 5.91 Å². The molecule has 5 rings (SSSR count). The number of fused-ring (bicyclic) bond motifs is 1. The molecule has 0 radical (unpaired) electrons. The molecule has 0 atom stereocenters. The van der Waals surface area contributed by atoms with E-state index in [1.807, 2.05) is 12.1 Å². The topological polar surface area (TPSA) is 84.7 Å². The zero-order chi connectivity index (χ0) is 28.2. The second kappa shape index (κ2) is 9.67. The number of carbonyl (C=O) groups excluding carboxylic acids is 1. The summed E-state index contributed by atoms with van der Waals surface area (Å²) in [6.45, 7) is 0.434. The van der Waals surface area contributed by atoms with Gasteiger partial charge in [0, 0.05) is 36.8 Å². The highest BCUT2D eigenvalue weighted by Crippen LogP contribution is 2.45. The van der Waals surface area contributed by atoms with Crippen LogP contribution in [0.3, 0.4) is 0 Å². The molecule has 12 heteroatoms. The van der Waals surface area contributed by atoms with Crippen molar-refractivity contribution in [3.8, 4) is 11.4 Å². The van der Waals surface area contributed by atoms with Crippen LogP contribution in [0.4, 0.5) is 18.9 Å². The average Bonchev–Trinajstić information content (AvgIpc) is 3.27. The van der Waals surface area contributed by atoms with Crippen LogP contribution in [0.25, 0.3) is 5.69 Å². The van der Waals surface area contributed by atoms with Crippen molar-refractivity contribution in [1.29, 1.82) is 0 Å². The summed E-state index contributed by atoms with van der Waals surface area (Å²) in [7, 11) is -0.289. The largest absolute Gasteiger partial charge is 0.497 e. The van der Waals surface area contributed by atoms with E-state index in [0.717, 1.165) is 29.5 Å². The summed E-state index contributed by atoms with van der Waals surface area (Å²) in [5, 5.41) is 3.83. The summed E-state index contributed by atoms with van der Waals surface area (Å²) in [4.78, 5) is 15.1. The molecule has 0 bridgehead atoms. The Balaban J connectivity index is 1.48. The number of sulfonamides is 1. The van der Waals surface area contributed by atoms with E-state index >= 15 is 0 Å². The number of amides is 1. The molecule has 0 N–H and O–H groups in total. The molecular formula is C27H29F3N4O4S. The van der Waals surface area contributed by atoms with Crippen molar-refractivity contribution in [2.24, 2.45) is 0 Å². The molecule has 0 spiro atoms. The van der Waals surface area contributed by atoms with Crippen molar-refractivity contribution in [2.45, 2.75) is 37.3 Å². The SMILES string of the molecule is COc1ccc(-n2nc(C(F)(F)F)c3c2C(=O)N(c2ccc(C4(CN(C)S(C)(=O)=O)CCC4)cc2)CC3)cc1. The molecule has 208 valence electrons. The second-order valence-electron chi connectivity index (χ2n) is 10.2. The fraction of sp³-hybridized carbons (Fsp3) is 0.407. The quantitative estimate of drug-likeness (QED) is 0.426. The monoisotopic (exact) mass is 562 g/mol. The lowest BCUT2D eigenvalue weighted by atomic mass is 9.64. The van der Waals surface area contributed by atoms with Gasteiger partial charge in [0.05, 0.1) is 19.1 Å². The minimum absolute atomic E-state index is 0.00306. The van der Waals surface area contributed by atoms with E-state index in [4.69, 9.17) is 4.74 Å². The van der Waals surface area contributed by atoms with Crippen LogP contribution in [0, 0.1) is 0 Å². The number of likely N-dealkylation sites (N-methyl/N-ethyl adjacent to an activating group) is 1. The van der Waals surface area contributed by atoms with E-state index in [1.54, 1.807) is 43.4 Å². The Kier molecular flexibility index (Phi) is 6.74. The maximum Gasteiger partial charge on any atom is 0.435 e. The van der Waals surface area contributed by atoms with E-state index in [1.165, 1.54) is 22.6 Å². The van der Waals surface area contributed by atoms with Gasteiger partial charge in [-0.05, 0) is 61.2 Å². The highest BCUT2D eigenvalue weighted by atomic mass is 32.2. The van der Waals surface area contributed by atoms with Crippen LogP contribution in [0.15, 0.2) is 48.5 Å². The van der Waals surface area contributed by atoms with Crippen molar-refractivity contribution in [3.05, 3.63) is 71.0 Å². The third kappa shape index (κ3) is 4.91. The molecule has 1 saturated carbocycles. The van der Waals surface area contributed by atoms with Crippen LogP contribution in [0.1, 0.15) is 46.6 Å². The molecule has 0 saturated heterocycles. The van der Waals surface area contributed by atoms with Crippen molar-refractivity contribution >= 4 is 21.6 Å². The zero-order valence-electron chi connectivity index (χ0n) is 21.8. The average molecular weight is 563 g/mol. The smallest absolute Gasteiger partial charge is 0.435 e. The molecule has 0 unspecified atom stereocenters. The Bertz CT molecular complexity index is 1500. The first-order valence-electron chi connectivity index (χ1n) is 12.5. The van der Waals surface area contributed by atoms with Gasteiger partial charge in [0.1, 0.15) is 11.4 Å². The molecular weight excluding hydrogens is 533 g/mol. The maximum atomic E-state index is 13.9.